The summed E-state index contributed by atoms with van der Waals surface area (Å²) in [6, 6.07) is 20.5. The fourth-order valence-corrected chi connectivity index (χ4v) is 4.83. The van der Waals surface area contributed by atoms with Crippen LogP contribution in [0.3, 0.4) is 0 Å². The van der Waals surface area contributed by atoms with Crippen LogP contribution in [0.15, 0.2) is 88.5 Å². The lowest BCUT2D eigenvalue weighted by atomic mass is 10.1. The molecule has 15 heteroatoms. The molecule has 1 amide bonds. The van der Waals surface area contributed by atoms with E-state index in [1.54, 1.807) is 48.4 Å². The van der Waals surface area contributed by atoms with Crippen LogP contribution < -0.4 is 20.7 Å². The summed E-state index contributed by atoms with van der Waals surface area (Å²) < 4.78 is 43.1. The van der Waals surface area contributed by atoms with Gasteiger partial charge < -0.3 is 30.2 Å². The lowest BCUT2D eigenvalue weighted by Gasteiger charge is -2.13. The van der Waals surface area contributed by atoms with E-state index < -0.39 is 12.1 Å². The number of amides is 1. The van der Waals surface area contributed by atoms with Crippen LogP contribution in [0, 0.1) is 0 Å². The van der Waals surface area contributed by atoms with Crippen LogP contribution in [0.25, 0.3) is 11.0 Å². The number of ether oxygens (including phenoxy) is 1. The Morgan fingerprint density at radius 2 is 1.84 bits per heavy atom. The van der Waals surface area contributed by atoms with Gasteiger partial charge in [0.1, 0.15) is 16.4 Å². The van der Waals surface area contributed by atoms with Gasteiger partial charge in [0.2, 0.25) is 5.95 Å². The number of rotatable bonds is 2. The van der Waals surface area contributed by atoms with Crippen molar-refractivity contribution in [2.24, 2.45) is 0 Å². The maximum atomic E-state index is 13.0. The van der Waals surface area contributed by atoms with Crippen molar-refractivity contribution in [2.75, 3.05) is 28.3 Å². The highest BCUT2D eigenvalue weighted by Crippen LogP contribution is 2.31. The maximum Gasteiger partial charge on any atom is 0.490 e. The number of aromatic nitrogens is 2. The lowest BCUT2D eigenvalue weighted by molar-refractivity contribution is -0.192. The number of anilines is 5. The summed E-state index contributed by atoms with van der Waals surface area (Å²) in [4.78, 5) is 31.9. The zero-order valence-electron chi connectivity index (χ0n) is 22.3. The molecule has 0 radical (unpaired) electrons. The molecule has 1 aliphatic heterocycles. The smallest absolute Gasteiger partial charge is 0.490 e. The average Bonchev–Trinajstić information content (AvgIpc) is 3.45. The second kappa shape index (κ2) is 13.1. The number of nitrogens with one attached hydrogen (secondary N) is 3. The molecule has 6 rings (SSSR count). The Bertz CT molecular complexity index is 1840. The Balaban J connectivity index is 0.000000493. The van der Waals surface area contributed by atoms with E-state index in [1.165, 1.54) is 6.20 Å². The second-order valence-corrected chi connectivity index (χ2v) is 10.6. The topological polar surface area (TPSA) is 139 Å². The number of thioether (sulfide) groups is 1. The summed E-state index contributed by atoms with van der Waals surface area (Å²) in [5.74, 6) is -0.850. The summed E-state index contributed by atoms with van der Waals surface area (Å²) in [5, 5.41) is 17.8. The van der Waals surface area contributed by atoms with Gasteiger partial charge in [-0.15, -0.1) is 11.8 Å². The monoisotopic (exact) mass is 643 g/mol. The molecule has 6 bridgehead atoms. The van der Waals surface area contributed by atoms with E-state index in [0.717, 1.165) is 27.3 Å². The number of carbonyl (C=O) groups excluding carboxylic acids is 1. The van der Waals surface area contributed by atoms with Crippen LogP contribution in [0.4, 0.5) is 42.0 Å². The first-order valence-corrected chi connectivity index (χ1v) is 14.1. The molecule has 0 saturated heterocycles. The molecule has 0 fully saturated rings. The number of hydrogen-bond acceptors (Lipinski definition) is 9. The Morgan fingerprint density at radius 3 is 2.64 bits per heavy atom. The fraction of sp³-hybridized carbons (Fsp3) is 0.103. The minimum Gasteiger partial charge on any atom is -0.493 e. The molecule has 44 heavy (non-hydrogen) atoms. The number of hydrogen-bond donors (Lipinski definition) is 4. The van der Waals surface area contributed by atoms with E-state index in [0.29, 0.717) is 46.1 Å². The van der Waals surface area contributed by atoms with Gasteiger partial charge in [-0.05, 0) is 48.5 Å². The SMILES string of the molecule is O=C(Nc1cc2cc(c1)OCCSc1cccc(c1)Nc1nc(ncc1Cl)N2)c1ccc2occc2c1.O=C(O)C(F)(F)F. The Hall–Kier alpha value is -4.95. The third-order valence-electron chi connectivity index (χ3n) is 5.84. The molecule has 3 aromatic carbocycles. The summed E-state index contributed by atoms with van der Waals surface area (Å²) in [7, 11) is 0. The van der Waals surface area contributed by atoms with Gasteiger partial charge in [-0.1, -0.05) is 17.7 Å². The lowest BCUT2D eigenvalue weighted by Crippen LogP contribution is -2.21. The molecule has 0 atom stereocenters. The summed E-state index contributed by atoms with van der Waals surface area (Å²) in [5.41, 5.74) is 3.32. The first-order valence-electron chi connectivity index (χ1n) is 12.7. The van der Waals surface area contributed by atoms with Gasteiger partial charge in [0.15, 0.2) is 5.82 Å². The molecule has 4 N–H and O–H groups in total. The molecule has 1 aliphatic rings. The van der Waals surface area contributed by atoms with Crippen LogP contribution in [-0.4, -0.2) is 45.5 Å². The zero-order chi connectivity index (χ0) is 31.3. The highest BCUT2D eigenvalue weighted by Gasteiger charge is 2.38. The summed E-state index contributed by atoms with van der Waals surface area (Å²) >= 11 is 8.04. The van der Waals surface area contributed by atoms with Crippen LogP contribution >= 0.6 is 23.4 Å². The molecule has 0 saturated carbocycles. The van der Waals surface area contributed by atoms with Gasteiger partial charge in [-0.2, -0.15) is 18.2 Å². The van der Waals surface area contributed by atoms with Gasteiger partial charge in [0.05, 0.1) is 19.1 Å². The minimum absolute atomic E-state index is 0.249. The first kappa shape index (κ1) is 30.5. The number of carboxylic acid groups (broad SMARTS) is 1. The van der Waals surface area contributed by atoms with Crippen molar-refractivity contribution in [3.8, 4) is 5.75 Å². The number of carboxylic acids is 1. The number of furan rings is 1. The van der Waals surface area contributed by atoms with Crippen molar-refractivity contribution in [3.63, 3.8) is 0 Å². The van der Waals surface area contributed by atoms with E-state index in [9.17, 15) is 18.0 Å². The van der Waals surface area contributed by atoms with Crippen molar-refractivity contribution in [2.45, 2.75) is 11.1 Å². The molecule has 226 valence electrons. The van der Waals surface area contributed by atoms with Crippen LogP contribution in [0.5, 0.6) is 5.75 Å². The summed E-state index contributed by atoms with van der Waals surface area (Å²) in [6.45, 7) is 0.479. The number of alkyl halides is 3. The van der Waals surface area contributed by atoms with Crippen molar-refractivity contribution >= 4 is 75.0 Å². The van der Waals surface area contributed by atoms with Gasteiger partial charge in [-0.25, -0.2) is 9.78 Å². The van der Waals surface area contributed by atoms with E-state index in [1.807, 2.05) is 36.4 Å². The van der Waals surface area contributed by atoms with Gasteiger partial charge in [0, 0.05) is 50.8 Å². The molecule has 5 aromatic rings. The standard InChI is InChI=1S/C27H20ClN5O3S.C2HF3O2/c28-23-15-29-27-32-20-11-19(31-26(34)17-4-5-24-16(10-17)6-7-36-24)12-21(13-20)35-8-9-37-22-3-1-2-18(14-22)30-25(23)33-27;3-2(4,5)1(6)7/h1-7,10-15H,8-9H2,(H,31,34)(H2,29,30,32,33);(H,6,7). The maximum absolute atomic E-state index is 13.0. The quantitative estimate of drug-likeness (QED) is 0.151. The number of aliphatic carboxylic acids is 1. The molecule has 0 spiro atoms. The van der Waals surface area contributed by atoms with E-state index >= 15 is 0 Å². The molecule has 3 heterocycles. The van der Waals surface area contributed by atoms with Crippen molar-refractivity contribution < 1.29 is 37.0 Å². The van der Waals surface area contributed by atoms with Crippen molar-refractivity contribution in [3.05, 3.63) is 89.8 Å². The molecule has 0 aliphatic carbocycles. The van der Waals surface area contributed by atoms with E-state index in [-0.39, 0.29) is 5.91 Å². The number of fused-ring (bicyclic) bond motifs is 7. The van der Waals surface area contributed by atoms with Crippen LogP contribution in [-0.2, 0) is 4.79 Å². The van der Waals surface area contributed by atoms with Crippen LogP contribution in [0.1, 0.15) is 10.4 Å². The Morgan fingerprint density at radius 1 is 1.02 bits per heavy atom. The summed E-state index contributed by atoms with van der Waals surface area (Å²) in [6.07, 6.45) is -1.95. The normalized spacial score (nSPS) is 12.6. The van der Waals surface area contributed by atoms with Crippen molar-refractivity contribution in [1.29, 1.82) is 0 Å². The fourth-order valence-electron chi connectivity index (χ4n) is 3.90. The predicted molar refractivity (Wildman–Crippen MR) is 161 cm³/mol. The predicted octanol–water partition coefficient (Wildman–Crippen LogP) is 7.73. The number of benzene rings is 3. The Labute approximate surface area is 256 Å². The number of halogens is 4. The largest absolute Gasteiger partial charge is 0.493 e. The number of carbonyl (C=O) groups is 2. The minimum atomic E-state index is -5.08. The van der Waals surface area contributed by atoms with E-state index in [2.05, 4.69) is 25.9 Å². The molecular formula is C29H21ClF3N5O5S. The van der Waals surface area contributed by atoms with Gasteiger partial charge in [0.25, 0.3) is 5.91 Å². The highest BCUT2D eigenvalue weighted by molar-refractivity contribution is 7.99. The highest BCUT2D eigenvalue weighted by atomic mass is 35.5. The second-order valence-electron chi connectivity index (χ2n) is 9.04. The average molecular weight is 644 g/mol. The van der Waals surface area contributed by atoms with Crippen LogP contribution in [0.2, 0.25) is 5.02 Å². The first-order chi connectivity index (χ1) is 21.0. The molecule has 0 unspecified atom stereocenters. The molecular weight excluding hydrogens is 623 g/mol. The molecule has 10 nitrogen and oxygen atoms in total. The van der Waals surface area contributed by atoms with Crippen molar-refractivity contribution in [1.82, 2.24) is 9.97 Å². The zero-order valence-corrected chi connectivity index (χ0v) is 23.9. The van der Waals surface area contributed by atoms with E-state index in [4.69, 9.17) is 30.7 Å². The number of nitrogens with zero attached hydrogens (tertiary/aromatic N) is 2. The third-order valence-corrected chi connectivity index (χ3v) is 7.07. The Kier molecular flexibility index (Phi) is 9.11. The van der Waals surface area contributed by atoms with Gasteiger partial charge >= 0.3 is 12.1 Å². The molecule has 2 aromatic heterocycles. The van der Waals surface area contributed by atoms with Gasteiger partial charge in [-0.3, -0.25) is 4.79 Å². The third kappa shape index (κ3) is 7.90.